The second kappa shape index (κ2) is 13.1. The van der Waals surface area contributed by atoms with Gasteiger partial charge in [-0.05, 0) is 47.3 Å². The number of carbonyl (C=O) groups is 2. The molecule has 1 aromatic carbocycles. The number of pyridine rings is 1. The summed E-state index contributed by atoms with van der Waals surface area (Å²) in [5.74, 6) is 0.146. The first-order chi connectivity index (χ1) is 20.6. The fraction of sp³-hybridized carbons (Fsp3) is 0.639. The van der Waals surface area contributed by atoms with Crippen LogP contribution in [0.25, 0.3) is 0 Å². The van der Waals surface area contributed by atoms with E-state index in [0.717, 1.165) is 48.4 Å². The van der Waals surface area contributed by atoms with E-state index in [4.69, 9.17) is 9.72 Å². The Kier molecular flexibility index (Phi) is 10.0. The number of likely N-dealkylation sites (tertiary alicyclic amines) is 1. The molecule has 2 fully saturated rings. The Bertz CT molecular complexity index is 1330. The van der Waals surface area contributed by atoms with Gasteiger partial charge in [0.05, 0.1) is 13.2 Å². The molecule has 2 aromatic rings. The van der Waals surface area contributed by atoms with Gasteiger partial charge in [0.25, 0.3) is 0 Å². The first-order valence-corrected chi connectivity index (χ1v) is 16.2. The lowest BCUT2D eigenvalue weighted by molar-refractivity contribution is -0.155. The van der Waals surface area contributed by atoms with E-state index in [1.54, 1.807) is 18.2 Å². The number of carboxylic acids is 1. The molecule has 1 aromatic heterocycles. The van der Waals surface area contributed by atoms with E-state index in [1.807, 2.05) is 37.2 Å². The largest absolute Gasteiger partial charge is 0.496 e. The highest BCUT2D eigenvalue weighted by Gasteiger charge is 2.59. The zero-order chi connectivity index (χ0) is 32.6. The number of methoxy groups -OCH3 is 1. The summed E-state index contributed by atoms with van der Waals surface area (Å²) in [6, 6.07) is 8.32. The molecule has 44 heavy (non-hydrogen) atoms. The molecule has 1 amide bonds. The van der Waals surface area contributed by atoms with E-state index in [9.17, 15) is 14.7 Å². The third-order valence-corrected chi connectivity index (χ3v) is 9.84. The van der Waals surface area contributed by atoms with Gasteiger partial charge in [0, 0.05) is 55.8 Å². The van der Waals surface area contributed by atoms with Crippen molar-refractivity contribution in [2.24, 2.45) is 23.2 Å². The molecule has 8 heteroatoms. The maximum absolute atomic E-state index is 14.7. The van der Waals surface area contributed by atoms with Crippen LogP contribution in [-0.2, 0) is 21.5 Å². The van der Waals surface area contributed by atoms with Crippen LogP contribution in [-0.4, -0.2) is 60.2 Å². The minimum atomic E-state index is -0.989. The van der Waals surface area contributed by atoms with Crippen LogP contribution >= 0.6 is 0 Å². The normalized spacial score (nSPS) is 26.0. The molecule has 1 saturated heterocycles. The van der Waals surface area contributed by atoms with Gasteiger partial charge >= 0.3 is 5.97 Å². The minimum Gasteiger partial charge on any atom is -0.496 e. The number of benzene rings is 1. The van der Waals surface area contributed by atoms with Crippen molar-refractivity contribution in [2.75, 3.05) is 26.1 Å². The number of hydrogen-bond acceptors (Lipinski definition) is 6. The summed E-state index contributed by atoms with van der Waals surface area (Å²) in [6.45, 7) is 15.4. The van der Waals surface area contributed by atoms with Crippen LogP contribution in [0, 0.1) is 23.2 Å². The average molecular weight is 607 g/mol. The van der Waals surface area contributed by atoms with Gasteiger partial charge in [0.2, 0.25) is 5.91 Å². The van der Waals surface area contributed by atoms with Crippen LogP contribution in [0.15, 0.2) is 36.5 Å². The number of nitrogens with zero attached hydrogens (tertiary/aromatic N) is 3. The van der Waals surface area contributed by atoms with Gasteiger partial charge in [0.1, 0.15) is 17.6 Å². The fourth-order valence-electron chi connectivity index (χ4n) is 7.55. The molecule has 1 saturated carbocycles. The fourth-order valence-corrected chi connectivity index (χ4v) is 7.55. The van der Waals surface area contributed by atoms with Crippen LogP contribution in [0.1, 0.15) is 96.9 Å². The number of hydrogen-bond donors (Lipinski definition) is 2. The Morgan fingerprint density at radius 1 is 1.09 bits per heavy atom. The molecule has 6 atom stereocenters. The van der Waals surface area contributed by atoms with Gasteiger partial charge in [-0.15, -0.1) is 0 Å². The lowest BCUT2D eigenvalue weighted by atomic mass is 9.72. The van der Waals surface area contributed by atoms with Gasteiger partial charge in [-0.1, -0.05) is 79.5 Å². The third kappa shape index (κ3) is 6.75. The van der Waals surface area contributed by atoms with Crippen LogP contribution in [0.4, 0.5) is 5.82 Å². The number of nitrogens with one attached hydrogen (secondary N) is 1. The second-order valence-electron chi connectivity index (χ2n) is 15.2. The molecule has 2 unspecified atom stereocenters. The van der Waals surface area contributed by atoms with E-state index in [-0.39, 0.29) is 35.1 Å². The molecule has 0 spiro atoms. The van der Waals surface area contributed by atoms with Crippen LogP contribution < -0.4 is 15.0 Å². The van der Waals surface area contributed by atoms with Crippen LogP contribution in [0.3, 0.4) is 0 Å². The standard InChI is InChI=1S/C36H54N4O4/c1-22-14-11-12-15-25(22)33(41)40-30(26-16-13-19-37-32(26)39(8)9)29(28(36(5,6)7)31(40)34(42)43)38-21-23-20-24(35(2,3)4)17-18-27(23)44-10/h13,16-20,22,25,28-31,38H,11-12,14-15,21H2,1-10H3,(H,42,43)/t22?,25?,28-,29-,30-,31-/m0/s1. The zero-order valence-corrected chi connectivity index (χ0v) is 28.5. The molecular weight excluding hydrogens is 552 g/mol. The van der Waals surface area contributed by atoms with Crippen molar-refractivity contribution < 1.29 is 19.4 Å². The molecule has 8 nitrogen and oxygen atoms in total. The lowest BCUT2D eigenvalue weighted by Crippen LogP contribution is -2.50. The first-order valence-electron chi connectivity index (χ1n) is 16.2. The predicted octanol–water partition coefficient (Wildman–Crippen LogP) is 6.44. The van der Waals surface area contributed by atoms with Crippen molar-refractivity contribution in [1.82, 2.24) is 15.2 Å². The lowest BCUT2D eigenvalue weighted by Gasteiger charge is -2.38. The predicted molar refractivity (Wildman–Crippen MR) is 176 cm³/mol. The Hall–Kier alpha value is -3.13. The van der Waals surface area contributed by atoms with Crippen LogP contribution in [0.5, 0.6) is 5.75 Å². The summed E-state index contributed by atoms with van der Waals surface area (Å²) in [5, 5.41) is 14.7. The summed E-state index contributed by atoms with van der Waals surface area (Å²) < 4.78 is 5.78. The highest BCUT2D eigenvalue weighted by molar-refractivity contribution is 5.87. The van der Waals surface area contributed by atoms with E-state index < -0.39 is 23.5 Å². The number of anilines is 1. The van der Waals surface area contributed by atoms with Gasteiger partial charge in [-0.3, -0.25) is 4.79 Å². The Morgan fingerprint density at radius 3 is 2.34 bits per heavy atom. The molecule has 1 aliphatic carbocycles. The number of ether oxygens (including phenoxy) is 1. The highest BCUT2D eigenvalue weighted by atomic mass is 16.5. The smallest absolute Gasteiger partial charge is 0.326 e. The van der Waals surface area contributed by atoms with Crippen molar-refractivity contribution in [2.45, 2.75) is 104 Å². The Labute approximate surface area is 264 Å². The quantitative estimate of drug-likeness (QED) is 0.357. The van der Waals surface area contributed by atoms with Crippen molar-refractivity contribution in [3.63, 3.8) is 0 Å². The van der Waals surface area contributed by atoms with Gasteiger partial charge in [-0.2, -0.15) is 0 Å². The van der Waals surface area contributed by atoms with Gasteiger partial charge in [0.15, 0.2) is 0 Å². The molecular formula is C36H54N4O4. The highest BCUT2D eigenvalue weighted by Crippen LogP contribution is 2.51. The van der Waals surface area contributed by atoms with Crippen molar-refractivity contribution in [3.8, 4) is 5.75 Å². The summed E-state index contributed by atoms with van der Waals surface area (Å²) in [4.78, 5) is 36.5. The third-order valence-electron chi connectivity index (χ3n) is 9.84. The Morgan fingerprint density at radius 2 is 1.77 bits per heavy atom. The van der Waals surface area contributed by atoms with E-state index in [0.29, 0.717) is 6.54 Å². The summed E-state index contributed by atoms with van der Waals surface area (Å²) >= 11 is 0. The number of aliphatic carboxylic acids is 1. The van der Waals surface area contributed by atoms with E-state index >= 15 is 0 Å². The zero-order valence-electron chi connectivity index (χ0n) is 28.5. The SMILES string of the molecule is COc1ccc(C(C)(C)C)cc1CN[C@H]1[C@H](C(C)(C)C)[C@@H](C(=O)O)N(C(=O)C2CCCCC2C)[C@H]1c1cccnc1N(C)C. The molecule has 1 aliphatic heterocycles. The van der Waals surface area contributed by atoms with Crippen LogP contribution in [0.2, 0.25) is 0 Å². The molecule has 2 heterocycles. The summed E-state index contributed by atoms with van der Waals surface area (Å²) in [5.41, 5.74) is 2.58. The monoisotopic (exact) mass is 606 g/mol. The van der Waals surface area contributed by atoms with E-state index in [2.05, 4.69) is 65.9 Å². The first kappa shape index (κ1) is 33.8. The molecule has 4 rings (SSSR count). The topological polar surface area (TPSA) is 95.0 Å². The number of amides is 1. The molecule has 2 aliphatic rings. The molecule has 2 N–H and O–H groups in total. The molecule has 0 radical (unpaired) electrons. The molecule has 0 bridgehead atoms. The van der Waals surface area contributed by atoms with Crippen molar-refractivity contribution in [1.29, 1.82) is 0 Å². The van der Waals surface area contributed by atoms with Gasteiger partial charge in [-0.25, -0.2) is 9.78 Å². The van der Waals surface area contributed by atoms with Gasteiger partial charge < -0.3 is 25.0 Å². The number of carbonyl (C=O) groups excluding carboxylic acids is 1. The summed E-state index contributed by atoms with van der Waals surface area (Å²) in [6.07, 6.45) is 5.62. The average Bonchev–Trinajstić information content (AvgIpc) is 3.31. The van der Waals surface area contributed by atoms with E-state index in [1.165, 1.54) is 5.56 Å². The van der Waals surface area contributed by atoms with Crippen molar-refractivity contribution >= 4 is 17.7 Å². The second-order valence-corrected chi connectivity index (χ2v) is 15.2. The maximum atomic E-state index is 14.7. The Balaban J connectivity index is 1.90. The molecule has 242 valence electrons. The van der Waals surface area contributed by atoms with Crippen molar-refractivity contribution in [3.05, 3.63) is 53.2 Å². The summed E-state index contributed by atoms with van der Waals surface area (Å²) in [7, 11) is 5.56. The maximum Gasteiger partial charge on any atom is 0.326 e. The number of rotatable bonds is 8. The minimum absolute atomic E-state index is 0.0461. The number of aromatic nitrogens is 1. The number of carboxylic acid groups (broad SMARTS) is 1.